The molecule has 4 rings (SSSR count). The third-order valence-electron chi connectivity index (χ3n) is 5.47. The van der Waals surface area contributed by atoms with Crippen LogP contribution in [0.3, 0.4) is 0 Å². The standard InChI is InChI=1S/C16H24N2O/c1-11(10-17)2-3-15(19)18-16-7-12-4-13(8-16)6-14(5-12)9-16/h11-14H,2-9H2,1H3,(H,18,19). The summed E-state index contributed by atoms with van der Waals surface area (Å²) in [6.45, 7) is 1.89. The van der Waals surface area contributed by atoms with Crippen molar-refractivity contribution in [2.24, 2.45) is 23.7 Å². The molecule has 1 atom stereocenters. The Kier molecular flexibility index (Phi) is 3.28. The summed E-state index contributed by atoms with van der Waals surface area (Å²) in [7, 11) is 0. The molecule has 0 heterocycles. The minimum absolute atomic E-state index is 0.0119. The van der Waals surface area contributed by atoms with Gasteiger partial charge < -0.3 is 5.32 Å². The van der Waals surface area contributed by atoms with Gasteiger partial charge >= 0.3 is 0 Å². The quantitative estimate of drug-likeness (QED) is 0.844. The average molecular weight is 260 g/mol. The van der Waals surface area contributed by atoms with Crippen LogP contribution in [0.15, 0.2) is 0 Å². The van der Waals surface area contributed by atoms with E-state index in [1.165, 1.54) is 38.5 Å². The maximum atomic E-state index is 12.1. The minimum Gasteiger partial charge on any atom is -0.351 e. The van der Waals surface area contributed by atoms with E-state index in [0.29, 0.717) is 12.8 Å². The number of nitrogens with one attached hydrogen (secondary N) is 1. The molecule has 4 bridgehead atoms. The molecule has 1 N–H and O–H groups in total. The molecule has 0 aromatic heterocycles. The molecule has 4 aliphatic rings. The van der Waals surface area contributed by atoms with Crippen molar-refractivity contribution in [3.8, 4) is 6.07 Å². The van der Waals surface area contributed by atoms with E-state index in [0.717, 1.165) is 17.8 Å². The van der Waals surface area contributed by atoms with Gasteiger partial charge in [-0.2, -0.15) is 5.26 Å². The number of amides is 1. The Labute approximate surface area is 115 Å². The van der Waals surface area contributed by atoms with Crippen molar-refractivity contribution in [2.45, 2.75) is 63.8 Å². The number of rotatable bonds is 4. The van der Waals surface area contributed by atoms with E-state index >= 15 is 0 Å². The fourth-order valence-corrected chi connectivity index (χ4v) is 5.03. The van der Waals surface area contributed by atoms with Gasteiger partial charge in [0, 0.05) is 17.9 Å². The van der Waals surface area contributed by atoms with Gasteiger partial charge in [-0.15, -0.1) is 0 Å². The first-order valence-corrected chi connectivity index (χ1v) is 7.79. The second-order valence-electron chi connectivity index (χ2n) is 7.31. The highest BCUT2D eigenvalue weighted by Gasteiger charge is 2.51. The fraction of sp³-hybridized carbons (Fsp3) is 0.875. The summed E-state index contributed by atoms with van der Waals surface area (Å²) in [6, 6.07) is 2.20. The van der Waals surface area contributed by atoms with Gasteiger partial charge in [0.25, 0.3) is 0 Å². The molecule has 0 radical (unpaired) electrons. The molecular weight excluding hydrogens is 236 g/mol. The van der Waals surface area contributed by atoms with Crippen LogP contribution in [0.1, 0.15) is 58.3 Å². The molecule has 1 unspecified atom stereocenters. The number of nitriles is 1. The maximum absolute atomic E-state index is 12.1. The van der Waals surface area contributed by atoms with Gasteiger partial charge in [-0.05, 0) is 69.6 Å². The van der Waals surface area contributed by atoms with Gasteiger partial charge in [-0.3, -0.25) is 4.79 Å². The van der Waals surface area contributed by atoms with Crippen LogP contribution < -0.4 is 5.32 Å². The lowest BCUT2D eigenvalue weighted by Gasteiger charge is -2.57. The van der Waals surface area contributed by atoms with Crippen molar-refractivity contribution in [3.63, 3.8) is 0 Å². The zero-order valence-electron chi connectivity index (χ0n) is 11.8. The van der Waals surface area contributed by atoms with Crippen LogP contribution in [0.25, 0.3) is 0 Å². The van der Waals surface area contributed by atoms with E-state index in [1.807, 2.05) is 6.92 Å². The summed E-state index contributed by atoms with van der Waals surface area (Å²) >= 11 is 0. The smallest absolute Gasteiger partial charge is 0.220 e. The van der Waals surface area contributed by atoms with Crippen LogP contribution in [0.2, 0.25) is 0 Å². The zero-order valence-corrected chi connectivity index (χ0v) is 11.8. The Morgan fingerprint density at radius 3 is 2.26 bits per heavy atom. The number of carbonyl (C=O) groups is 1. The number of nitrogens with zero attached hydrogens (tertiary/aromatic N) is 1. The number of hydrogen-bond donors (Lipinski definition) is 1. The molecule has 19 heavy (non-hydrogen) atoms. The fourth-order valence-electron chi connectivity index (χ4n) is 5.03. The van der Waals surface area contributed by atoms with E-state index in [2.05, 4.69) is 11.4 Å². The van der Waals surface area contributed by atoms with E-state index in [9.17, 15) is 4.79 Å². The molecule has 0 aromatic carbocycles. The summed E-state index contributed by atoms with van der Waals surface area (Å²) in [5.74, 6) is 2.75. The van der Waals surface area contributed by atoms with E-state index in [4.69, 9.17) is 5.26 Å². The van der Waals surface area contributed by atoms with Crippen molar-refractivity contribution < 1.29 is 4.79 Å². The summed E-state index contributed by atoms with van der Waals surface area (Å²) in [4.78, 5) is 12.1. The maximum Gasteiger partial charge on any atom is 0.220 e. The van der Waals surface area contributed by atoms with Gasteiger partial charge in [-0.1, -0.05) is 0 Å². The van der Waals surface area contributed by atoms with Gasteiger partial charge in [0.2, 0.25) is 5.91 Å². The number of hydrogen-bond acceptors (Lipinski definition) is 2. The van der Waals surface area contributed by atoms with E-state index in [1.54, 1.807) is 0 Å². The first-order valence-electron chi connectivity index (χ1n) is 7.79. The lowest BCUT2D eigenvalue weighted by Crippen LogP contribution is -2.59. The molecule has 0 saturated heterocycles. The summed E-state index contributed by atoms with van der Waals surface area (Å²) in [6.07, 6.45) is 9.03. The Bertz CT molecular complexity index is 374. The Morgan fingerprint density at radius 2 is 1.79 bits per heavy atom. The minimum atomic E-state index is -0.0119. The van der Waals surface area contributed by atoms with Crippen LogP contribution in [-0.2, 0) is 4.79 Å². The second-order valence-corrected chi connectivity index (χ2v) is 7.31. The molecule has 4 saturated carbocycles. The predicted octanol–water partition coefficient (Wildman–Crippen LogP) is 3.01. The average Bonchev–Trinajstić information content (AvgIpc) is 2.33. The van der Waals surface area contributed by atoms with E-state index in [-0.39, 0.29) is 17.4 Å². The zero-order chi connectivity index (χ0) is 13.5. The van der Waals surface area contributed by atoms with Crippen molar-refractivity contribution in [3.05, 3.63) is 0 Å². The first kappa shape index (κ1) is 13.0. The van der Waals surface area contributed by atoms with Gasteiger partial charge in [-0.25, -0.2) is 0 Å². The van der Waals surface area contributed by atoms with Crippen LogP contribution >= 0.6 is 0 Å². The van der Waals surface area contributed by atoms with Crippen molar-refractivity contribution in [2.75, 3.05) is 0 Å². The third kappa shape index (κ3) is 2.63. The molecule has 0 aromatic rings. The van der Waals surface area contributed by atoms with Gasteiger partial charge in [0.05, 0.1) is 6.07 Å². The Morgan fingerprint density at radius 1 is 1.26 bits per heavy atom. The summed E-state index contributed by atoms with van der Waals surface area (Å²) < 4.78 is 0. The van der Waals surface area contributed by atoms with Crippen LogP contribution in [0, 0.1) is 35.0 Å². The molecule has 1 amide bonds. The van der Waals surface area contributed by atoms with Crippen LogP contribution in [0.5, 0.6) is 0 Å². The van der Waals surface area contributed by atoms with E-state index < -0.39 is 0 Å². The van der Waals surface area contributed by atoms with Crippen molar-refractivity contribution >= 4 is 5.91 Å². The molecule has 3 nitrogen and oxygen atoms in total. The third-order valence-corrected chi connectivity index (χ3v) is 5.47. The molecule has 4 aliphatic carbocycles. The summed E-state index contributed by atoms with van der Waals surface area (Å²) in [5, 5.41) is 12.1. The lowest BCUT2D eigenvalue weighted by atomic mass is 9.53. The molecule has 104 valence electrons. The Hall–Kier alpha value is -1.04. The lowest BCUT2D eigenvalue weighted by molar-refractivity contribution is -0.127. The van der Waals surface area contributed by atoms with Gasteiger partial charge in [0.15, 0.2) is 0 Å². The largest absolute Gasteiger partial charge is 0.351 e. The predicted molar refractivity (Wildman–Crippen MR) is 73.1 cm³/mol. The highest BCUT2D eigenvalue weighted by atomic mass is 16.1. The highest BCUT2D eigenvalue weighted by Crippen LogP contribution is 2.55. The molecular formula is C16H24N2O. The SMILES string of the molecule is CC(C#N)CCC(=O)NC12CC3CC(CC(C3)C1)C2. The molecule has 0 spiro atoms. The van der Waals surface area contributed by atoms with Crippen molar-refractivity contribution in [1.29, 1.82) is 5.26 Å². The van der Waals surface area contributed by atoms with Crippen LogP contribution in [-0.4, -0.2) is 11.4 Å². The normalized spacial score (nSPS) is 40.7. The molecule has 3 heteroatoms. The topological polar surface area (TPSA) is 52.9 Å². The van der Waals surface area contributed by atoms with Gasteiger partial charge in [0.1, 0.15) is 0 Å². The number of carbonyl (C=O) groups excluding carboxylic acids is 1. The first-order chi connectivity index (χ1) is 9.08. The molecule has 4 fully saturated rings. The summed E-state index contributed by atoms with van der Waals surface area (Å²) in [5.41, 5.74) is 0.127. The highest BCUT2D eigenvalue weighted by molar-refractivity contribution is 5.76. The Balaban J connectivity index is 1.57. The van der Waals surface area contributed by atoms with Crippen molar-refractivity contribution in [1.82, 2.24) is 5.32 Å². The second kappa shape index (κ2) is 4.81. The molecule has 0 aliphatic heterocycles. The monoisotopic (exact) mass is 260 g/mol. The van der Waals surface area contributed by atoms with Crippen LogP contribution in [0.4, 0.5) is 0 Å².